The predicted octanol–water partition coefficient (Wildman–Crippen LogP) is -0.992. The van der Waals surface area contributed by atoms with Crippen molar-refractivity contribution >= 4 is 29.5 Å². The summed E-state index contributed by atoms with van der Waals surface area (Å²) < 4.78 is 0. The van der Waals surface area contributed by atoms with Gasteiger partial charge in [0.2, 0.25) is 11.8 Å². The summed E-state index contributed by atoms with van der Waals surface area (Å²) in [6, 6.07) is -2.79. The van der Waals surface area contributed by atoms with E-state index in [9.17, 15) is 24.6 Å². The van der Waals surface area contributed by atoms with Gasteiger partial charge in [-0.05, 0) is 38.2 Å². The number of nitrogens with one attached hydrogen (secondary N) is 1. The van der Waals surface area contributed by atoms with Crippen LogP contribution in [-0.4, -0.2) is 75.7 Å². The van der Waals surface area contributed by atoms with Gasteiger partial charge in [0, 0.05) is 6.54 Å². The highest BCUT2D eigenvalue weighted by Crippen LogP contribution is 2.19. The van der Waals surface area contributed by atoms with Crippen LogP contribution >= 0.6 is 11.8 Å². The predicted molar refractivity (Wildman–Crippen MR) is 87.0 cm³/mol. The van der Waals surface area contributed by atoms with E-state index in [2.05, 4.69) is 5.32 Å². The highest BCUT2D eigenvalue weighted by atomic mass is 32.2. The van der Waals surface area contributed by atoms with Crippen LogP contribution in [0, 0.1) is 0 Å². The lowest BCUT2D eigenvalue weighted by molar-refractivity contribution is -0.144. The van der Waals surface area contributed by atoms with Gasteiger partial charge in [0.05, 0.1) is 6.10 Å². The molecule has 0 saturated carbocycles. The maximum Gasteiger partial charge on any atom is 0.326 e. The third-order valence-electron chi connectivity index (χ3n) is 3.87. The Balaban J connectivity index is 2.73. The number of carbonyl (C=O) groups excluding carboxylic acids is 2. The van der Waals surface area contributed by atoms with Crippen molar-refractivity contribution in [3.05, 3.63) is 0 Å². The first-order valence-corrected chi connectivity index (χ1v) is 8.95. The first-order chi connectivity index (χ1) is 10.8. The third-order valence-corrected chi connectivity index (χ3v) is 4.51. The van der Waals surface area contributed by atoms with Crippen LogP contribution in [0.4, 0.5) is 0 Å². The minimum Gasteiger partial charge on any atom is -0.480 e. The number of aliphatic hydroxyl groups is 1. The number of carboxylic acids is 1. The van der Waals surface area contributed by atoms with Crippen molar-refractivity contribution in [1.29, 1.82) is 0 Å². The summed E-state index contributed by atoms with van der Waals surface area (Å²) >= 11 is 1.50. The number of nitrogens with two attached hydrogens (primary N) is 1. The van der Waals surface area contributed by atoms with Gasteiger partial charge in [-0.15, -0.1) is 0 Å². The minimum absolute atomic E-state index is 0.316. The van der Waals surface area contributed by atoms with Crippen molar-refractivity contribution in [2.24, 2.45) is 5.73 Å². The molecule has 8 nitrogen and oxygen atoms in total. The second-order valence-corrected chi connectivity index (χ2v) is 6.62. The fraction of sp³-hybridized carbons (Fsp3) is 0.786. The number of aliphatic carboxylic acids is 1. The fourth-order valence-electron chi connectivity index (χ4n) is 2.46. The summed E-state index contributed by atoms with van der Waals surface area (Å²) in [5, 5.41) is 21.1. The van der Waals surface area contributed by atoms with Crippen molar-refractivity contribution in [1.82, 2.24) is 10.2 Å². The molecule has 23 heavy (non-hydrogen) atoms. The lowest BCUT2D eigenvalue weighted by Gasteiger charge is -2.28. The molecule has 0 aromatic rings. The summed E-state index contributed by atoms with van der Waals surface area (Å²) in [4.78, 5) is 37.1. The smallest absolute Gasteiger partial charge is 0.326 e. The molecule has 1 fully saturated rings. The number of carbonyl (C=O) groups is 3. The standard InChI is InChI=1S/C14H25N3O5S/c1-8(18)11(15)13(20)17-6-3-4-10(17)12(19)16-9(14(21)22)5-7-23-2/h8-11,18H,3-7,15H2,1-2H3,(H,16,19)(H,21,22). The molecule has 1 aliphatic heterocycles. The van der Waals surface area contributed by atoms with Crippen molar-refractivity contribution in [3.8, 4) is 0 Å². The Morgan fingerprint density at radius 3 is 2.61 bits per heavy atom. The van der Waals surface area contributed by atoms with E-state index in [1.54, 1.807) is 0 Å². The SMILES string of the molecule is CSCCC(NC(=O)C1CCCN1C(=O)C(N)C(C)O)C(=O)O. The lowest BCUT2D eigenvalue weighted by Crippen LogP contribution is -2.55. The summed E-state index contributed by atoms with van der Waals surface area (Å²) in [7, 11) is 0. The Labute approximate surface area is 139 Å². The second kappa shape index (κ2) is 9.09. The average molecular weight is 347 g/mol. The second-order valence-electron chi connectivity index (χ2n) is 5.64. The van der Waals surface area contributed by atoms with Gasteiger partial charge in [-0.2, -0.15) is 11.8 Å². The number of aliphatic hydroxyl groups excluding tert-OH is 1. The molecule has 1 saturated heterocycles. The lowest BCUT2D eigenvalue weighted by atomic mass is 10.1. The van der Waals surface area contributed by atoms with Crippen LogP contribution in [0.2, 0.25) is 0 Å². The number of hydrogen-bond donors (Lipinski definition) is 4. The van der Waals surface area contributed by atoms with Gasteiger partial charge < -0.3 is 26.2 Å². The highest BCUT2D eigenvalue weighted by molar-refractivity contribution is 7.98. The van der Waals surface area contributed by atoms with Crippen molar-refractivity contribution < 1.29 is 24.6 Å². The molecule has 1 aliphatic rings. The van der Waals surface area contributed by atoms with Crippen LogP contribution in [0.1, 0.15) is 26.2 Å². The molecule has 132 valence electrons. The summed E-state index contributed by atoms with van der Waals surface area (Å²) in [5.41, 5.74) is 5.65. The molecule has 5 N–H and O–H groups in total. The third kappa shape index (κ3) is 5.36. The normalized spacial score (nSPS) is 21.6. The highest BCUT2D eigenvalue weighted by Gasteiger charge is 2.38. The molecule has 0 spiro atoms. The molecule has 0 aliphatic carbocycles. The first-order valence-electron chi connectivity index (χ1n) is 7.55. The molecular formula is C14H25N3O5S. The van der Waals surface area contributed by atoms with Crippen LogP contribution < -0.4 is 11.1 Å². The molecule has 0 radical (unpaired) electrons. The van der Waals surface area contributed by atoms with Gasteiger partial charge >= 0.3 is 5.97 Å². The van der Waals surface area contributed by atoms with Crippen LogP contribution in [0.3, 0.4) is 0 Å². The van der Waals surface area contributed by atoms with Gasteiger partial charge in [0.25, 0.3) is 0 Å². The maximum atomic E-state index is 12.4. The van der Waals surface area contributed by atoms with Gasteiger partial charge in [-0.1, -0.05) is 0 Å². The topological polar surface area (TPSA) is 133 Å². The quantitative estimate of drug-likeness (QED) is 0.443. The van der Waals surface area contributed by atoms with Crippen LogP contribution in [0.25, 0.3) is 0 Å². The van der Waals surface area contributed by atoms with Crippen LogP contribution in [0.15, 0.2) is 0 Å². The molecular weight excluding hydrogens is 322 g/mol. The number of likely N-dealkylation sites (tertiary alicyclic amines) is 1. The molecule has 0 bridgehead atoms. The summed E-state index contributed by atoms with van der Waals surface area (Å²) in [6.07, 6.45) is 2.25. The van der Waals surface area contributed by atoms with Crippen molar-refractivity contribution in [2.75, 3.05) is 18.6 Å². The molecule has 1 heterocycles. The van der Waals surface area contributed by atoms with Gasteiger partial charge in [0.15, 0.2) is 0 Å². The minimum atomic E-state index is -1.09. The Morgan fingerprint density at radius 2 is 2.09 bits per heavy atom. The molecule has 1 rings (SSSR count). The Morgan fingerprint density at radius 1 is 1.43 bits per heavy atom. The average Bonchev–Trinajstić information content (AvgIpc) is 2.98. The largest absolute Gasteiger partial charge is 0.480 e. The van der Waals surface area contributed by atoms with Crippen LogP contribution in [-0.2, 0) is 14.4 Å². The molecule has 4 unspecified atom stereocenters. The van der Waals surface area contributed by atoms with E-state index in [1.807, 2.05) is 6.26 Å². The van der Waals surface area contributed by atoms with E-state index in [0.717, 1.165) is 0 Å². The Hall–Kier alpha value is -1.32. The number of rotatable bonds is 8. The van der Waals surface area contributed by atoms with E-state index < -0.39 is 42.0 Å². The van der Waals surface area contributed by atoms with E-state index in [-0.39, 0.29) is 0 Å². The summed E-state index contributed by atoms with van der Waals surface area (Å²) in [5.74, 6) is -1.46. The van der Waals surface area contributed by atoms with Gasteiger partial charge in [-0.25, -0.2) is 4.79 Å². The zero-order valence-corrected chi connectivity index (χ0v) is 14.2. The van der Waals surface area contributed by atoms with Crippen LogP contribution in [0.5, 0.6) is 0 Å². The van der Waals surface area contributed by atoms with E-state index in [4.69, 9.17) is 5.73 Å². The fourth-order valence-corrected chi connectivity index (χ4v) is 2.93. The molecule has 4 atom stereocenters. The zero-order chi connectivity index (χ0) is 17.6. The first kappa shape index (κ1) is 19.7. The van der Waals surface area contributed by atoms with Gasteiger partial charge in [-0.3, -0.25) is 9.59 Å². The van der Waals surface area contributed by atoms with E-state index in [1.165, 1.54) is 23.6 Å². The van der Waals surface area contributed by atoms with E-state index in [0.29, 0.717) is 31.6 Å². The number of nitrogens with zero attached hydrogens (tertiary/aromatic N) is 1. The van der Waals surface area contributed by atoms with Crippen molar-refractivity contribution in [3.63, 3.8) is 0 Å². The molecule has 2 amide bonds. The number of hydrogen-bond acceptors (Lipinski definition) is 6. The molecule has 9 heteroatoms. The Kier molecular flexibility index (Phi) is 7.80. The number of amides is 2. The van der Waals surface area contributed by atoms with E-state index >= 15 is 0 Å². The Bertz CT molecular complexity index is 446. The zero-order valence-electron chi connectivity index (χ0n) is 13.4. The monoisotopic (exact) mass is 347 g/mol. The number of carboxylic acid groups (broad SMARTS) is 1. The van der Waals surface area contributed by atoms with Gasteiger partial charge in [0.1, 0.15) is 18.1 Å². The maximum absolute atomic E-state index is 12.4. The molecule has 0 aromatic heterocycles. The number of thioether (sulfide) groups is 1. The van der Waals surface area contributed by atoms with Crippen molar-refractivity contribution in [2.45, 2.75) is 50.4 Å². The summed E-state index contributed by atoms with van der Waals surface area (Å²) in [6.45, 7) is 1.79. The molecule has 0 aromatic carbocycles.